The third-order valence-electron chi connectivity index (χ3n) is 3.62. The molecule has 1 aliphatic rings. The largest absolute Gasteiger partial charge is 0.479 e. The highest BCUT2D eigenvalue weighted by Crippen LogP contribution is 2.35. The summed E-state index contributed by atoms with van der Waals surface area (Å²) in [6, 6.07) is 9.35. The van der Waals surface area contributed by atoms with E-state index in [-0.39, 0.29) is 0 Å². The number of amides is 1. The molecule has 1 atom stereocenters. The molecule has 0 bridgehead atoms. The summed E-state index contributed by atoms with van der Waals surface area (Å²) in [7, 11) is 0. The molecule has 21 heavy (non-hydrogen) atoms. The molecule has 0 radical (unpaired) electrons. The van der Waals surface area contributed by atoms with E-state index >= 15 is 0 Å². The van der Waals surface area contributed by atoms with Crippen molar-refractivity contribution in [2.24, 2.45) is 0 Å². The summed E-state index contributed by atoms with van der Waals surface area (Å²) in [5.41, 5.74) is -0.930. The van der Waals surface area contributed by atoms with Crippen LogP contribution in [0.25, 0.3) is 0 Å². The lowest BCUT2D eigenvalue weighted by atomic mass is 9.79. The van der Waals surface area contributed by atoms with Crippen molar-refractivity contribution in [2.75, 3.05) is 6.54 Å². The van der Waals surface area contributed by atoms with Crippen molar-refractivity contribution in [2.45, 2.75) is 44.8 Å². The molecule has 1 amide bonds. The first-order valence-electron chi connectivity index (χ1n) is 7.02. The highest BCUT2D eigenvalue weighted by molar-refractivity contribution is 5.87. The number of hydrogen-bond acceptors (Lipinski definition) is 3. The minimum absolute atomic E-state index is 0.294. The summed E-state index contributed by atoms with van der Waals surface area (Å²) in [6.07, 6.45) is 0.172. The fourth-order valence-corrected chi connectivity index (χ4v) is 2.49. The highest BCUT2D eigenvalue weighted by Gasteiger charge is 2.54. The summed E-state index contributed by atoms with van der Waals surface area (Å²) in [4.78, 5) is 25.3. The Hall–Kier alpha value is -2.04. The lowest BCUT2D eigenvalue weighted by Gasteiger charge is -2.49. The van der Waals surface area contributed by atoms with E-state index in [1.54, 1.807) is 20.8 Å². The minimum atomic E-state index is -1.19. The summed E-state index contributed by atoms with van der Waals surface area (Å²) >= 11 is 0. The predicted octanol–water partition coefficient (Wildman–Crippen LogP) is 2.69. The number of aliphatic carboxylic acids is 1. The maximum Gasteiger partial charge on any atom is 0.411 e. The summed E-state index contributed by atoms with van der Waals surface area (Å²) in [6.45, 7) is 5.72. The van der Waals surface area contributed by atoms with E-state index in [9.17, 15) is 14.7 Å². The zero-order valence-electron chi connectivity index (χ0n) is 12.6. The van der Waals surface area contributed by atoms with E-state index in [4.69, 9.17) is 4.74 Å². The van der Waals surface area contributed by atoms with Crippen molar-refractivity contribution in [1.29, 1.82) is 0 Å². The second-order valence-electron chi connectivity index (χ2n) is 6.38. The molecule has 1 N–H and O–H groups in total. The molecule has 0 unspecified atom stereocenters. The van der Waals surface area contributed by atoms with E-state index < -0.39 is 23.2 Å². The van der Waals surface area contributed by atoms with Gasteiger partial charge >= 0.3 is 12.1 Å². The van der Waals surface area contributed by atoms with Gasteiger partial charge in [0.25, 0.3) is 0 Å². The number of likely N-dealkylation sites (tertiary alicyclic amines) is 1. The monoisotopic (exact) mass is 291 g/mol. The van der Waals surface area contributed by atoms with Crippen LogP contribution in [0, 0.1) is 0 Å². The van der Waals surface area contributed by atoms with Gasteiger partial charge in [-0.2, -0.15) is 0 Å². The van der Waals surface area contributed by atoms with Gasteiger partial charge in [-0.1, -0.05) is 30.3 Å². The van der Waals surface area contributed by atoms with Crippen LogP contribution in [0.3, 0.4) is 0 Å². The molecule has 5 heteroatoms. The standard InChI is InChI=1S/C16H21NO4/c1-15(2,3)21-14(20)17-10-9-16(17,13(18)19)11-12-7-5-4-6-8-12/h4-8H,9-11H2,1-3H3,(H,18,19)/t16-/m1/s1. The second kappa shape index (κ2) is 5.39. The Labute approximate surface area is 124 Å². The number of carboxylic acids is 1. The van der Waals surface area contributed by atoms with E-state index in [1.165, 1.54) is 4.90 Å². The van der Waals surface area contributed by atoms with Gasteiger partial charge in [-0.3, -0.25) is 4.90 Å². The zero-order valence-corrected chi connectivity index (χ0v) is 12.6. The average Bonchev–Trinajstić information content (AvgIpc) is 2.32. The average molecular weight is 291 g/mol. The van der Waals surface area contributed by atoms with Gasteiger partial charge in [0, 0.05) is 13.0 Å². The number of carbonyl (C=O) groups excluding carboxylic acids is 1. The molecule has 0 saturated carbocycles. The third-order valence-corrected chi connectivity index (χ3v) is 3.62. The molecule has 1 aromatic carbocycles. The number of rotatable bonds is 3. The van der Waals surface area contributed by atoms with Gasteiger partial charge in [0.05, 0.1) is 0 Å². The lowest BCUT2D eigenvalue weighted by molar-refractivity contribution is -0.160. The van der Waals surface area contributed by atoms with Gasteiger partial charge in [-0.25, -0.2) is 9.59 Å². The highest BCUT2D eigenvalue weighted by atomic mass is 16.6. The van der Waals surface area contributed by atoms with Crippen molar-refractivity contribution in [1.82, 2.24) is 4.90 Å². The second-order valence-corrected chi connectivity index (χ2v) is 6.38. The number of hydrogen-bond donors (Lipinski definition) is 1. The molecule has 1 aliphatic heterocycles. The molecule has 2 rings (SSSR count). The quantitative estimate of drug-likeness (QED) is 0.929. The van der Waals surface area contributed by atoms with Crippen LogP contribution in [0.4, 0.5) is 4.79 Å². The fourth-order valence-electron chi connectivity index (χ4n) is 2.49. The number of carbonyl (C=O) groups is 2. The van der Waals surface area contributed by atoms with E-state index in [1.807, 2.05) is 30.3 Å². The Balaban J connectivity index is 2.19. The third kappa shape index (κ3) is 3.17. The molecule has 1 saturated heterocycles. The Morgan fingerprint density at radius 1 is 1.29 bits per heavy atom. The van der Waals surface area contributed by atoms with Gasteiger partial charge in [0.1, 0.15) is 11.1 Å². The topological polar surface area (TPSA) is 66.8 Å². The maximum absolute atomic E-state index is 12.2. The van der Waals surface area contributed by atoms with Gasteiger partial charge in [0.2, 0.25) is 0 Å². The molecule has 0 aromatic heterocycles. The van der Waals surface area contributed by atoms with Crippen molar-refractivity contribution < 1.29 is 19.4 Å². The van der Waals surface area contributed by atoms with Crippen LogP contribution in [0.1, 0.15) is 32.8 Å². The smallest absolute Gasteiger partial charge is 0.411 e. The fraction of sp³-hybridized carbons (Fsp3) is 0.500. The maximum atomic E-state index is 12.2. The van der Waals surface area contributed by atoms with E-state index in [2.05, 4.69) is 0 Å². The van der Waals surface area contributed by atoms with Crippen LogP contribution in [0.2, 0.25) is 0 Å². The lowest BCUT2D eigenvalue weighted by Crippen LogP contribution is -2.68. The normalized spacial score (nSPS) is 21.6. The SMILES string of the molecule is CC(C)(C)OC(=O)N1CC[C@@]1(Cc1ccccc1)C(=O)O. The van der Waals surface area contributed by atoms with Crippen LogP contribution in [-0.2, 0) is 16.0 Å². The van der Waals surface area contributed by atoms with Crippen LogP contribution in [0.5, 0.6) is 0 Å². The van der Waals surface area contributed by atoms with Crippen LogP contribution in [0.15, 0.2) is 30.3 Å². The molecule has 1 heterocycles. The number of carboxylic acid groups (broad SMARTS) is 1. The summed E-state index contributed by atoms with van der Waals surface area (Å²) in [5, 5.41) is 9.61. The molecular formula is C16H21NO4. The summed E-state index contributed by atoms with van der Waals surface area (Å²) < 4.78 is 5.31. The molecule has 114 valence electrons. The minimum Gasteiger partial charge on any atom is -0.479 e. The molecule has 1 aromatic rings. The van der Waals surface area contributed by atoms with Crippen molar-refractivity contribution in [3.8, 4) is 0 Å². The molecular weight excluding hydrogens is 270 g/mol. The molecule has 0 spiro atoms. The number of benzene rings is 1. The van der Waals surface area contributed by atoms with Gasteiger partial charge in [-0.05, 0) is 32.8 Å². The van der Waals surface area contributed by atoms with Gasteiger partial charge < -0.3 is 9.84 Å². The van der Waals surface area contributed by atoms with Gasteiger partial charge in [0.15, 0.2) is 0 Å². The Kier molecular flexibility index (Phi) is 3.94. The predicted molar refractivity (Wildman–Crippen MR) is 78.1 cm³/mol. The Bertz CT molecular complexity index is 535. The van der Waals surface area contributed by atoms with Crippen LogP contribution in [-0.4, -0.2) is 39.8 Å². The molecule has 5 nitrogen and oxygen atoms in total. The van der Waals surface area contributed by atoms with E-state index in [0.717, 1.165) is 5.56 Å². The first-order valence-corrected chi connectivity index (χ1v) is 7.02. The summed E-state index contributed by atoms with van der Waals surface area (Å²) in [5.74, 6) is -0.983. The molecule has 0 aliphatic carbocycles. The first-order chi connectivity index (χ1) is 9.74. The zero-order chi connectivity index (χ0) is 15.7. The van der Waals surface area contributed by atoms with Crippen LogP contribution >= 0.6 is 0 Å². The number of ether oxygens (including phenoxy) is 1. The van der Waals surface area contributed by atoms with Crippen molar-refractivity contribution >= 4 is 12.1 Å². The molecule has 1 fully saturated rings. The Morgan fingerprint density at radius 3 is 2.33 bits per heavy atom. The van der Waals surface area contributed by atoms with Crippen LogP contribution < -0.4 is 0 Å². The Morgan fingerprint density at radius 2 is 1.90 bits per heavy atom. The van der Waals surface area contributed by atoms with Crippen molar-refractivity contribution in [3.05, 3.63) is 35.9 Å². The van der Waals surface area contributed by atoms with Crippen molar-refractivity contribution in [3.63, 3.8) is 0 Å². The van der Waals surface area contributed by atoms with Gasteiger partial charge in [-0.15, -0.1) is 0 Å². The first kappa shape index (κ1) is 15.4. The van der Waals surface area contributed by atoms with E-state index in [0.29, 0.717) is 19.4 Å². The number of nitrogens with zero attached hydrogens (tertiary/aromatic N) is 1.